The minimum Gasteiger partial charge on any atom is -0.333 e. The Kier molecular flexibility index (Phi) is 7.10. The number of aromatic nitrogens is 2. The van der Waals surface area contributed by atoms with E-state index in [0.29, 0.717) is 23.1 Å². The zero-order valence-electron chi connectivity index (χ0n) is 22.4. The molecule has 4 aliphatic carbocycles. The van der Waals surface area contributed by atoms with E-state index in [0.717, 1.165) is 54.7 Å². The van der Waals surface area contributed by atoms with E-state index in [4.69, 9.17) is 16.7 Å². The molecule has 39 heavy (non-hydrogen) atoms. The van der Waals surface area contributed by atoms with E-state index in [2.05, 4.69) is 10.6 Å². The first-order valence-electron chi connectivity index (χ1n) is 14.2. The van der Waals surface area contributed by atoms with Crippen LogP contribution in [0.5, 0.6) is 0 Å². The van der Waals surface area contributed by atoms with Gasteiger partial charge in [0, 0.05) is 23.7 Å². The van der Waals surface area contributed by atoms with Crippen LogP contribution in [0.1, 0.15) is 51.9 Å². The SMILES string of the molecule is CCCN(CC(=O)Nc1cc(-c2ccccc2)nn1-c1ccccc1Cl)C(=O)NC12CC3CC(CC(C3)C1)C2. The summed E-state index contributed by atoms with van der Waals surface area (Å²) in [7, 11) is 0. The van der Waals surface area contributed by atoms with Crippen LogP contribution in [0.15, 0.2) is 60.7 Å². The first-order valence-corrected chi connectivity index (χ1v) is 14.6. The molecule has 4 bridgehead atoms. The molecule has 2 N–H and O–H groups in total. The van der Waals surface area contributed by atoms with E-state index in [-0.39, 0.29) is 24.0 Å². The van der Waals surface area contributed by atoms with Crippen LogP contribution in [-0.4, -0.2) is 45.2 Å². The number of anilines is 1. The van der Waals surface area contributed by atoms with Gasteiger partial charge in [-0.25, -0.2) is 9.48 Å². The Hall–Kier alpha value is -3.32. The highest BCUT2D eigenvalue weighted by molar-refractivity contribution is 6.32. The lowest BCUT2D eigenvalue weighted by Crippen LogP contribution is -2.62. The quantitative estimate of drug-likeness (QED) is 0.338. The molecule has 204 valence electrons. The fourth-order valence-electron chi connectivity index (χ4n) is 7.47. The predicted octanol–water partition coefficient (Wildman–Crippen LogP) is 6.52. The van der Waals surface area contributed by atoms with Gasteiger partial charge < -0.3 is 15.5 Å². The normalized spacial score (nSPS) is 24.9. The third-order valence-corrected chi connectivity index (χ3v) is 8.97. The molecule has 1 aromatic heterocycles. The van der Waals surface area contributed by atoms with Gasteiger partial charge in [0.2, 0.25) is 5.91 Å². The molecule has 0 aliphatic heterocycles. The molecule has 4 saturated carbocycles. The van der Waals surface area contributed by atoms with Crippen LogP contribution in [0, 0.1) is 17.8 Å². The van der Waals surface area contributed by atoms with E-state index in [9.17, 15) is 9.59 Å². The lowest BCUT2D eigenvalue weighted by molar-refractivity contribution is -0.116. The molecule has 0 saturated heterocycles. The van der Waals surface area contributed by atoms with E-state index in [1.165, 1.54) is 19.3 Å². The third kappa shape index (κ3) is 5.42. The summed E-state index contributed by atoms with van der Waals surface area (Å²) in [6, 6.07) is 18.9. The molecule has 0 spiro atoms. The van der Waals surface area contributed by atoms with Gasteiger partial charge in [-0.1, -0.05) is 61.0 Å². The third-order valence-electron chi connectivity index (χ3n) is 8.65. The first-order chi connectivity index (χ1) is 18.9. The molecule has 7 nitrogen and oxygen atoms in total. The number of carbonyl (C=O) groups excluding carboxylic acids is 2. The summed E-state index contributed by atoms with van der Waals surface area (Å²) in [5.74, 6) is 2.46. The van der Waals surface area contributed by atoms with Crippen LogP contribution in [0.3, 0.4) is 0 Å². The minimum absolute atomic E-state index is 0.0274. The van der Waals surface area contributed by atoms with Crippen molar-refractivity contribution in [3.05, 3.63) is 65.7 Å². The molecule has 1 heterocycles. The second-order valence-electron chi connectivity index (χ2n) is 11.7. The van der Waals surface area contributed by atoms with Crippen molar-refractivity contribution >= 4 is 29.4 Å². The molecule has 2 aromatic carbocycles. The van der Waals surface area contributed by atoms with E-state index in [1.807, 2.05) is 61.5 Å². The van der Waals surface area contributed by atoms with Crippen molar-refractivity contribution in [1.82, 2.24) is 20.0 Å². The fraction of sp³-hybridized carbons (Fsp3) is 0.452. The molecular formula is C31H36ClN5O2. The van der Waals surface area contributed by atoms with Crippen molar-refractivity contribution in [3.8, 4) is 16.9 Å². The average Bonchev–Trinajstić information content (AvgIpc) is 3.31. The summed E-state index contributed by atoms with van der Waals surface area (Å²) in [5, 5.41) is 11.7. The number of nitrogens with one attached hydrogen (secondary N) is 2. The molecule has 7 rings (SSSR count). The molecule has 3 aromatic rings. The Balaban J connectivity index is 1.20. The Morgan fingerprint density at radius 1 is 1.00 bits per heavy atom. The zero-order valence-corrected chi connectivity index (χ0v) is 23.2. The zero-order chi connectivity index (χ0) is 27.0. The van der Waals surface area contributed by atoms with Gasteiger partial charge in [0.25, 0.3) is 0 Å². The maximum atomic E-state index is 13.5. The lowest BCUT2D eigenvalue weighted by atomic mass is 9.53. The maximum absolute atomic E-state index is 13.5. The summed E-state index contributed by atoms with van der Waals surface area (Å²) in [6.45, 7) is 2.52. The van der Waals surface area contributed by atoms with E-state index in [1.54, 1.807) is 15.6 Å². The Bertz CT molecular complexity index is 1320. The number of nitrogens with zero attached hydrogens (tertiary/aromatic N) is 3. The lowest BCUT2D eigenvalue weighted by Gasteiger charge is -2.57. The highest BCUT2D eigenvalue weighted by atomic mass is 35.5. The van der Waals surface area contributed by atoms with Crippen LogP contribution in [0.4, 0.5) is 10.6 Å². The summed E-state index contributed by atoms with van der Waals surface area (Å²) in [4.78, 5) is 28.6. The highest BCUT2D eigenvalue weighted by Crippen LogP contribution is 2.55. The maximum Gasteiger partial charge on any atom is 0.318 e. The predicted molar refractivity (Wildman–Crippen MR) is 154 cm³/mol. The topological polar surface area (TPSA) is 79.3 Å². The number of urea groups is 1. The van der Waals surface area contributed by atoms with Gasteiger partial charge >= 0.3 is 6.03 Å². The van der Waals surface area contributed by atoms with Gasteiger partial charge in [-0.3, -0.25) is 4.79 Å². The fourth-order valence-corrected chi connectivity index (χ4v) is 7.69. The number of rotatable bonds is 8. The van der Waals surface area contributed by atoms with Gasteiger partial charge in [0.1, 0.15) is 12.4 Å². The Labute approximate surface area is 234 Å². The van der Waals surface area contributed by atoms with Gasteiger partial charge in [0.05, 0.1) is 16.4 Å². The molecule has 0 atom stereocenters. The highest BCUT2D eigenvalue weighted by Gasteiger charge is 2.51. The molecule has 4 aliphatic rings. The van der Waals surface area contributed by atoms with Crippen molar-refractivity contribution in [3.63, 3.8) is 0 Å². The molecule has 8 heteroatoms. The van der Waals surface area contributed by atoms with Gasteiger partial charge in [0.15, 0.2) is 0 Å². The van der Waals surface area contributed by atoms with Crippen molar-refractivity contribution in [1.29, 1.82) is 0 Å². The molecule has 4 fully saturated rings. The van der Waals surface area contributed by atoms with Gasteiger partial charge in [-0.2, -0.15) is 5.10 Å². The number of carbonyl (C=O) groups is 2. The van der Waals surface area contributed by atoms with Crippen LogP contribution in [0.25, 0.3) is 16.9 Å². The number of para-hydroxylation sites is 1. The first kappa shape index (κ1) is 25.9. The number of hydrogen-bond acceptors (Lipinski definition) is 3. The average molecular weight is 546 g/mol. The van der Waals surface area contributed by atoms with Crippen LogP contribution in [-0.2, 0) is 4.79 Å². The molecule has 0 radical (unpaired) electrons. The molecular weight excluding hydrogens is 510 g/mol. The molecule has 3 amide bonds. The summed E-state index contributed by atoms with van der Waals surface area (Å²) in [5.41, 5.74) is 2.22. The number of benzene rings is 2. The summed E-state index contributed by atoms with van der Waals surface area (Å²) < 4.78 is 1.65. The number of hydrogen-bond donors (Lipinski definition) is 2. The summed E-state index contributed by atoms with van der Waals surface area (Å²) >= 11 is 6.50. The van der Waals surface area contributed by atoms with Crippen LogP contribution in [0.2, 0.25) is 5.02 Å². The van der Waals surface area contributed by atoms with Crippen molar-refractivity contribution in [2.75, 3.05) is 18.4 Å². The largest absolute Gasteiger partial charge is 0.333 e. The Morgan fingerprint density at radius 3 is 2.28 bits per heavy atom. The van der Waals surface area contributed by atoms with Crippen molar-refractivity contribution < 1.29 is 9.59 Å². The Morgan fingerprint density at radius 2 is 1.64 bits per heavy atom. The van der Waals surface area contributed by atoms with Gasteiger partial charge in [-0.15, -0.1) is 0 Å². The minimum atomic E-state index is -0.267. The standard InChI is InChI=1S/C31H36ClN5O2/c1-2-12-36(30(39)34-31-17-21-13-22(18-31)15-23(14-21)19-31)20-29(38)33-28-16-26(24-8-4-3-5-9-24)35-37(28)27-11-7-6-10-25(27)32/h3-11,16,21-23H,2,12-15,17-20H2,1H3,(H,33,38)(H,34,39). The van der Waals surface area contributed by atoms with Crippen molar-refractivity contribution in [2.45, 2.75) is 57.4 Å². The van der Waals surface area contributed by atoms with Crippen LogP contribution >= 0.6 is 11.6 Å². The molecule has 0 unspecified atom stereocenters. The number of amides is 3. The second-order valence-corrected chi connectivity index (χ2v) is 12.1. The second kappa shape index (κ2) is 10.7. The number of halogens is 1. The summed E-state index contributed by atoms with van der Waals surface area (Å²) in [6.07, 6.45) is 7.97. The van der Waals surface area contributed by atoms with E-state index >= 15 is 0 Å². The van der Waals surface area contributed by atoms with Crippen molar-refractivity contribution in [2.24, 2.45) is 17.8 Å². The smallest absolute Gasteiger partial charge is 0.318 e. The van der Waals surface area contributed by atoms with Crippen LogP contribution < -0.4 is 10.6 Å². The van der Waals surface area contributed by atoms with Gasteiger partial charge in [-0.05, 0) is 74.8 Å². The van der Waals surface area contributed by atoms with E-state index < -0.39 is 0 Å². The monoisotopic (exact) mass is 545 g/mol.